The van der Waals surface area contributed by atoms with E-state index in [0.29, 0.717) is 66.2 Å². The van der Waals surface area contributed by atoms with E-state index in [1.165, 1.54) is 18.2 Å². The monoisotopic (exact) mass is 1480 g/mol. The number of alkyl halides is 27. The highest BCUT2D eigenvalue weighted by molar-refractivity contribution is 6.14. The smallest absolute Gasteiger partial charge is 0.308 e. The first-order valence-electron chi connectivity index (χ1n) is 29.8. The van der Waals surface area contributed by atoms with Crippen LogP contribution in [0, 0.1) is 0 Å². The van der Waals surface area contributed by atoms with Crippen molar-refractivity contribution in [3.63, 3.8) is 0 Å². The second kappa shape index (κ2) is 24.3. The molecule has 0 aliphatic heterocycles. The van der Waals surface area contributed by atoms with Gasteiger partial charge >= 0.3 is 55.6 Å². The Hall–Kier alpha value is -10.9. The van der Waals surface area contributed by atoms with E-state index in [0.717, 1.165) is 81.9 Å². The van der Waals surface area contributed by atoms with Gasteiger partial charge < -0.3 is 9.13 Å². The molecule has 3 heterocycles. The molecule has 0 atom stereocenters. The molecule has 0 aliphatic rings. The van der Waals surface area contributed by atoms with Crippen molar-refractivity contribution in [1.82, 2.24) is 14.1 Å². The predicted molar refractivity (Wildman–Crippen MR) is 331 cm³/mol. The summed E-state index contributed by atoms with van der Waals surface area (Å²) in [6, 6.07) is 26.0. The molecule has 0 radical (unpaired) electrons. The van der Waals surface area contributed by atoms with Crippen molar-refractivity contribution >= 4 is 43.6 Å². The summed E-state index contributed by atoms with van der Waals surface area (Å²) in [6.07, 6.45) is -49.2. The zero-order valence-electron chi connectivity index (χ0n) is 51.2. The zero-order chi connectivity index (χ0) is 75.3. The third-order valence-electron chi connectivity index (χ3n) is 17.2. The molecule has 10 aromatic carbocycles. The van der Waals surface area contributed by atoms with Gasteiger partial charge in [-0.25, -0.2) is 4.98 Å². The number of fused-ring (bicyclic) bond motifs is 6. The standard InChI is InChI=1S/C74H34F27N3/c75-66(76,77)44-17-40(18-45(29-44)67(78,79)80)36-9-13-59-53(25-36)54-26-37(41-19-46(68(81,82)83)30-47(20-41)69(84,85)86)10-14-60(54)103(59)63-33-52(74(99,100)101)34-64(65(63)58-8-4-7-57(102-58)35-5-2-1-3-6-35)104-61-15-11-38(42-21-48(70(87,88)89)31-49(22-42)71(90,91)92)27-55(61)56-28-39(12-16-62(56)104)43-23-50(72(93,94)95)32-51(24-43)73(96,97)98/h1-34H. The van der Waals surface area contributed by atoms with Crippen LogP contribution in [0.25, 0.3) is 122 Å². The molecule has 0 spiro atoms. The minimum Gasteiger partial charge on any atom is -0.308 e. The summed E-state index contributed by atoms with van der Waals surface area (Å²) in [5, 5.41) is -1.47. The highest BCUT2D eigenvalue weighted by atomic mass is 19.4. The van der Waals surface area contributed by atoms with Crippen LogP contribution in [0.2, 0.25) is 0 Å². The zero-order valence-corrected chi connectivity index (χ0v) is 51.2. The van der Waals surface area contributed by atoms with Gasteiger partial charge in [0.2, 0.25) is 0 Å². The van der Waals surface area contributed by atoms with Crippen molar-refractivity contribution in [3.8, 4) is 78.4 Å². The van der Waals surface area contributed by atoms with E-state index >= 15 is 13.2 Å². The van der Waals surface area contributed by atoms with E-state index in [-0.39, 0.29) is 79.3 Å². The van der Waals surface area contributed by atoms with E-state index in [1.807, 2.05) is 0 Å². The van der Waals surface area contributed by atoms with E-state index in [4.69, 9.17) is 4.98 Å². The Labute approximate surface area is 564 Å². The fraction of sp³-hybridized carbons (Fsp3) is 0.122. The fourth-order valence-corrected chi connectivity index (χ4v) is 12.5. The lowest BCUT2D eigenvalue weighted by atomic mass is 9.96. The number of hydrogen-bond donors (Lipinski definition) is 0. The molecule has 0 aliphatic carbocycles. The van der Waals surface area contributed by atoms with E-state index < -0.39 is 167 Å². The van der Waals surface area contributed by atoms with Gasteiger partial charge in [0.1, 0.15) is 0 Å². The first kappa shape index (κ1) is 71.5. The lowest BCUT2D eigenvalue weighted by Gasteiger charge is -2.22. The van der Waals surface area contributed by atoms with Gasteiger partial charge in [0, 0.05) is 32.7 Å². The Kier molecular flexibility index (Phi) is 16.7. The fourth-order valence-electron chi connectivity index (χ4n) is 12.5. The molecule has 0 saturated carbocycles. The maximum Gasteiger partial charge on any atom is 0.416 e. The Bertz CT molecular complexity index is 4910. The van der Waals surface area contributed by atoms with Crippen LogP contribution in [-0.4, -0.2) is 14.1 Å². The molecule has 3 aromatic heterocycles. The number of rotatable bonds is 8. The summed E-state index contributed by atoms with van der Waals surface area (Å²) >= 11 is 0. The van der Waals surface area contributed by atoms with Gasteiger partial charge in [-0.2, -0.15) is 119 Å². The molecular formula is C74H34F27N3. The van der Waals surface area contributed by atoms with E-state index in [1.54, 1.807) is 30.3 Å². The molecule has 30 heteroatoms. The first-order chi connectivity index (χ1) is 48.2. The molecule has 104 heavy (non-hydrogen) atoms. The molecule has 0 saturated heterocycles. The minimum atomic E-state index is -5.53. The lowest BCUT2D eigenvalue weighted by molar-refractivity contribution is -0.144. The van der Waals surface area contributed by atoms with Crippen LogP contribution in [0.3, 0.4) is 0 Å². The van der Waals surface area contributed by atoms with Crippen LogP contribution < -0.4 is 0 Å². The molecule has 3 nitrogen and oxygen atoms in total. The maximum absolute atomic E-state index is 16.3. The summed E-state index contributed by atoms with van der Waals surface area (Å²) in [5.41, 5.74) is -24.6. The molecule has 0 N–H and O–H groups in total. The number of hydrogen-bond acceptors (Lipinski definition) is 1. The van der Waals surface area contributed by atoms with Crippen LogP contribution in [0.5, 0.6) is 0 Å². The van der Waals surface area contributed by atoms with Crippen LogP contribution in [0.1, 0.15) is 50.1 Å². The lowest BCUT2D eigenvalue weighted by Crippen LogP contribution is -2.12. The average Bonchev–Trinajstić information content (AvgIpc) is 1.55. The first-order valence-corrected chi connectivity index (χ1v) is 29.8. The predicted octanol–water partition coefficient (Wildman–Crippen LogP) is 26.4. The number of nitrogens with zero attached hydrogens (tertiary/aromatic N) is 3. The molecular weight excluding hydrogens is 1440 g/mol. The third kappa shape index (κ3) is 13.6. The molecule has 0 unspecified atom stereocenters. The summed E-state index contributed by atoms with van der Waals surface area (Å²) in [4.78, 5) is 4.86. The third-order valence-corrected chi connectivity index (χ3v) is 17.2. The van der Waals surface area contributed by atoms with Crippen LogP contribution >= 0.6 is 0 Å². The summed E-state index contributed by atoms with van der Waals surface area (Å²) in [6.45, 7) is 0. The number of benzene rings is 10. The summed E-state index contributed by atoms with van der Waals surface area (Å²) in [5.74, 6) is 0. The topological polar surface area (TPSA) is 22.8 Å². The highest BCUT2D eigenvalue weighted by Gasteiger charge is 2.43. The maximum atomic E-state index is 16.3. The Morgan fingerprint density at radius 3 is 0.663 bits per heavy atom. The van der Waals surface area contributed by atoms with Gasteiger partial charge in [0.05, 0.1) is 94.9 Å². The van der Waals surface area contributed by atoms with Gasteiger partial charge in [0.25, 0.3) is 0 Å². The number of pyridine rings is 1. The second-order valence-corrected chi connectivity index (χ2v) is 23.9. The summed E-state index contributed by atoms with van der Waals surface area (Å²) in [7, 11) is 0. The highest BCUT2D eigenvalue weighted by Crippen LogP contribution is 2.51. The Morgan fingerprint density at radius 1 is 0.192 bits per heavy atom. The van der Waals surface area contributed by atoms with Gasteiger partial charge in [-0.1, -0.05) is 60.7 Å². The van der Waals surface area contributed by atoms with Crippen molar-refractivity contribution in [2.24, 2.45) is 0 Å². The second-order valence-electron chi connectivity index (χ2n) is 23.9. The van der Waals surface area contributed by atoms with Crippen molar-refractivity contribution in [1.29, 1.82) is 0 Å². The SMILES string of the molecule is FC(F)(F)c1cc(-c2ccc3c(c2)c2cc(-c4cc(C(F)(F)F)cc(C(F)(F)F)c4)ccc2n3-c2cc(C(F)(F)F)cc(-n3c4ccc(-c5cc(C(F)(F)F)cc(C(F)(F)F)c5)cc4c4cc(-c5cc(C(F)(F)F)cc(C(F)(F)F)c5)ccc43)c2-c2cccc(-c3ccccc3)n2)cc(C(F)(F)F)c1. The van der Waals surface area contributed by atoms with Crippen LogP contribution in [0.15, 0.2) is 206 Å². The molecule has 13 rings (SSSR count). The molecule has 0 amide bonds. The van der Waals surface area contributed by atoms with E-state index in [9.17, 15) is 105 Å². The minimum absolute atomic E-state index is 0.0603. The molecule has 13 aromatic rings. The van der Waals surface area contributed by atoms with Gasteiger partial charge in [-0.15, -0.1) is 0 Å². The molecule has 0 bridgehead atoms. The molecule has 534 valence electrons. The average molecular weight is 1480 g/mol. The van der Waals surface area contributed by atoms with Gasteiger partial charge in [-0.05, 0) is 190 Å². The molecule has 0 fully saturated rings. The number of aromatic nitrogens is 3. The Morgan fingerprint density at radius 2 is 0.423 bits per heavy atom. The quantitative estimate of drug-likeness (QED) is 0.139. The van der Waals surface area contributed by atoms with Crippen molar-refractivity contribution in [2.75, 3.05) is 0 Å². The van der Waals surface area contributed by atoms with Crippen LogP contribution in [-0.2, 0) is 55.6 Å². The van der Waals surface area contributed by atoms with Crippen LogP contribution in [0.4, 0.5) is 119 Å². The Balaban J connectivity index is 1.19. The van der Waals surface area contributed by atoms with Crippen molar-refractivity contribution < 1.29 is 119 Å². The van der Waals surface area contributed by atoms with Crippen molar-refractivity contribution in [2.45, 2.75) is 55.6 Å². The number of halogens is 27. The van der Waals surface area contributed by atoms with Gasteiger partial charge in [-0.3, -0.25) is 0 Å². The summed E-state index contributed by atoms with van der Waals surface area (Å²) < 4.78 is 398. The largest absolute Gasteiger partial charge is 0.416 e. The van der Waals surface area contributed by atoms with Crippen molar-refractivity contribution in [3.05, 3.63) is 256 Å². The normalized spacial score (nSPS) is 13.3. The van der Waals surface area contributed by atoms with E-state index in [2.05, 4.69) is 0 Å². The van der Waals surface area contributed by atoms with Gasteiger partial charge in [0.15, 0.2) is 0 Å².